The van der Waals surface area contributed by atoms with Crippen molar-refractivity contribution in [3.05, 3.63) is 106 Å². The average Bonchev–Trinajstić information content (AvgIpc) is 3.08. The van der Waals surface area contributed by atoms with Gasteiger partial charge in [0, 0.05) is 4.47 Å². The molecule has 0 aliphatic carbocycles. The van der Waals surface area contributed by atoms with Gasteiger partial charge in [-0.15, -0.1) is 0 Å². The molecule has 0 amide bonds. The van der Waals surface area contributed by atoms with E-state index in [0.29, 0.717) is 12.5 Å². The first-order valence-electron chi connectivity index (χ1n) is 8.73. The lowest BCUT2D eigenvalue weighted by atomic mass is 10.2. The molecular formula is C23H16BrNO3. The number of aliphatic imine (C=N–C) groups is 1. The number of esters is 1. The summed E-state index contributed by atoms with van der Waals surface area (Å²) in [5.74, 6) is 0.543. The summed E-state index contributed by atoms with van der Waals surface area (Å²) >= 11 is 3.45. The molecule has 1 aliphatic rings. The minimum Gasteiger partial charge on any atom is -0.489 e. The van der Waals surface area contributed by atoms with Crippen LogP contribution in [0.25, 0.3) is 6.08 Å². The Morgan fingerprint density at radius 3 is 2.57 bits per heavy atom. The highest BCUT2D eigenvalue weighted by Crippen LogP contribution is 2.25. The number of rotatable bonds is 5. The molecule has 0 fully saturated rings. The number of hydrogen-bond donors (Lipinski definition) is 0. The first-order chi connectivity index (χ1) is 13.7. The van der Waals surface area contributed by atoms with Crippen molar-refractivity contribution in [2.24, 2.45) is 4.99 Å². The van der Waals surface area contributed by atoms with E-state index in [2.05, 4.69) is 20.9 Å². The molecule has 138 valence electrons. The zero-order chi connectivity index (χ0) is 19.3. The fourth-order valence-electron chi connectivity index (χ4n) is 2.75. The Morgan fingerprint density at radius 2 is 1.75 bits per heavy atom. The predicted molar refractivity (Wildman–Crippen MR) is 112 cm³/mol. The quantitative estimate of drug-likeness (QED) is 0.401. The summed E-state index contributed by atoms with van der Waals surface area (Å²) in [6, 6.07) is 25.0. The van der Waals surface area contributed by atoms with Crippen LogP contribution >= 0.6 is 15.9 Å². The molecule has 0 unspecified atom stereocenters. The number of nitrogens with zero attached hydrogens (tertiary/aromatic N) is 1. The van der Waals surface area contributed by atoms with Crippen molar-refractivity contribution >= 4 is 33.9 Å². The smallest absolute Gasteiger partial charge is 0.363 e. The van der Waals surface area contributed by atoms with E-state index in [1.54, 1.807) is 6.08 Å². The minimum absolute atomic E-state index is 0.256. The first kappa shape index (κ1) is 18.2. The van der Waals surface area contributed by atoms with E-state index in [1.807, 2.05) is 78.9 Å². The molecule has 28 heavy (non-hydrogen) atoms. The van der Waals surface area contributed by atoms with Gasteiger partial charge in [-0.05, 0) is 57.4 Å². The summed E-state index contributed by atoms with van der Waals surface area (Å²) in [4.78, 5) is 16.6. The van der Waals surface area contributed by atoms with Crippen molar-refractivity contribution in [3.63, 3.8) is 0 Å². The van der Waals surface area contributed by atoms with Crippen LogP contribution < -0.4 is 4.74 Å². The van der Waals surface area contributed by atoms with Gasteiger partial charge in [-0.1, -0.05) is 54.6 Å². The lowest BCUT2D eigenvalue weighted by molar-refractivity contribution is -0.129. The van der Waals surface area contributed by atoms with Crippen LogP contribution in [0.1, 0.15) is 16.7 Å². The molecule has 3 aromatic carbocycles. The van der Waals surface area contributed by atoms with Crippen LogP contribution in [0, 0.1) is 0 Å². The zero-order valence-corrected chi connectivity index (χ0v) is 16.4. The maximum absolute atomic E-state index is 12.2. The van der Waals surface area contributed by atoms with Crippen molar-refractivity contribution in [3.8, 4) is 5.75 Å². The Kier molecular flexibility index (Phi) is 5.35. The number of hydrogen-bond acceptors (Lipinski definition) is 4. The third-order valence-electron chi connectivity index (χ3n) is 4.13. The molecule has 5 heteroatoms. The number of carbonyl (C=O) groups excluding carboxylic acids is 1. The van der Waals surface area contributed by atoms with Crippen molar-refractivity contribution in [1.29, 1.82) is 0 Å². The lowest BCUT2D eigenvalue weighted by Gasteiger charge is -2.07. The summed E-state index contributed by atoms with van der Waals surface area (Å²) in [5, 5.41) is 0. The van der Waals surface area contributed by atoms with E-state index in [-0.39, 0.29) is 5.70 Å². The fourth-order valence-corrected chi connectivity index (χ4v) is 3.21. The second-order valence-corrected chi connectivity index (χ2v) is 7.02. The Bertz CT molecular complexity index is 1070. The van der Waals surface area contributed by atoms with Crippen LogP contribution in [0.2, 0.25) is 0 Å². The molecule has 1 heterocycles. The summed E-state index contributed by atoms with van der Waals surface area (Å²) in [7, 11) is 0. The molecule has 4 rings (SSSR count). The average molecular weight is 434 g/mol. The van der Waals surface area contributed by atoms with E-state index in [0.717, 1.165) is 26.9 Å². The number of carbonyl (C=O) groups is 1. The molecule has 0 radical (unpaired) electrons. The monoisotopic (exact) mass is 433 g/mol. The van der Waals surface area contributed by atoms with Crippen LogP contribution in [0.4, 0.5) is 0 Å². The van der Waals surface area contributed by atoms with Crippen molar-refractivity contribution in [1.82, 2.24) is 0 Å². The summed E-state index contributed by atoms with van der Waals surface area (Å²) in [6.07, 6.45) is 1.70. The predicted octanol–water partition coefficient (Wildman–Crippen LogP) is 5.37. The van der Waals surface area contributed by atoms with Crippen molar-refractivity contribution < 1.29 is 14.3 Å². The molecule has 0 spiro atoms. The topological polar surface area (TPSA) is 47.9 Å². The third-order valence-corrected chi connectivity index (χ3v) is 4.83. The molecule has 0 aromatic heterocycles. The number of ether oxygens (including phenoxy) is 2. The maximum atomic E-state index is 12.2. The van der Waals surface area contributed by atoms with Gasteiger partial charge in [0.1, 0.15) is 12.4 Å². The number of benzene rings is 3. The highest BCUT2D eigenvalue weighted by Gasteiger charge is 2.25. The van der Waals surface area contributed by atoms with Crippen LogP contribution in [-0.4, -0.2) is 11.9 Å². The second-order valence-electron chi connectivity index (χ2n) is 6.16. The van der Waals surface area contributed by atoms with Gasteiger partial charge in [-0.3, -0.25) is 0 Å². The highest BCUT2D eigenvalue weighted by atomic mass is 79.9. The largest absolute Gasteiger partial charge is 0.489 e. The maximum Gasteiger partial charge on any atom is 0.363 e. The molecule has 0 bridgehead atoms. The molecular weight excluding hydrogens is 418 g/mol. The third kappa shape index (κ3) is 4.21. The summed E-state index contributed by atoms with van der Waals surface area (Å²) < 4.78 is 12.0. The van der Waals surface area contributed by atoms with Crippen LogP contribution in [-0.2, 0) is 16.1 Å². The number of halogens is 1. The van der Waals surface area contributed by atoms with Gasteiger partial charge in [0.25, 0.3) is 0 Å². The van der Waals surface area contributed by atoms with Gasteiger partial charge in [-0.2, -0.15) is 0 Å². The summed E-state index contributed by atoms with van der Waals surface area (Å²) in [6.45, 7) is 0.479. The van der Waals surface area contributed by atoms with Crippen LogP contribution in [0.5, 0.6) is 5.75 Å². The highest BCUT2D eigenvalue weighted by molar-refractivity contribution is 9.10. The zero-order valence-electron chi connectivity index (χ0n) is 14.8. The van der Waals surface area contributed by atoms with Gasteiger partial charge in [-0.25, -0.2) is 9.79 Å². The fraction of sp³-hybridized carbons (Fsp3) is 0.0435. The van der Waals surface area contributed by atoms with Gasteiger partial charge >= 0.3 is 5.97 Å². The lowest BCUT2D eigenvalue weighted by Crippen LogP contribution is -2.05. The molecule has 4 nitrogen and oxygen atoms in total. The molecule has 1 aliphatic heterocycles. The Morgan fingerprint density at radius 1 is 0.964 bits per heavy atom. The number of cyclic esters (lactones) is 1. The minimum atomic E-state index is -0.471. The molecule has 3 aromatic rings. The van der Waals surface area contributed by atoms with Gasteiger partial charge < -0.3 is 9.47 Å². The van der Waals surface area contributed by atoms with Crippen LogP contribution in [0.3, 0.4) is 0 Å². The molecule has 0 atom stereocenters. The Hall–Kier alpha value is -3.18. The standard InChI is InChI=1S/C23H16BrNO3/c24-20-12-5-4-11-19(20)22-25-21(23(26)28-22)14-17-9-6-10-18(13-17)27-15-16-7-2-1-3-8-16/h1-14H,15H2/b21-14+. The molecule has 0 saturated heterocycles. The van der Waals surface area contributed by atoms with Crippen molar-refractivity contribution in [2.75, 3.05) is 0 Å². The first-order valence-corrected chi connectivity index (χ1v) is 9.52. The normalized spacial score (nSPS) is 14.7. The SMILES string of the molecule is O=C1OC(c2ccccc2Br)=N/C1=C/c1cccc(OCc2ccccc2)c1. The van der Waals surface area contributed by atoms with E-state index in [4.69, 9.17) is 9.47 Å². The van der Waals surface area contributed by atoms with E-state index in [9.17, 15) is 4.79 Å². The van der Waals surface area contributed by atoms with Gasteiger partial charge in [0.15, 0.2) is 5.70 Å². The van der Waals surface area contributed by atoms with E-state index in [1.165, 1.54) is 0 Å². The Labute approximate surface area is 171 Å². The molecule has 0 N–H and O–H groups in total. The van der Waals surface area contributed by atoms with Crippen molar-refractivity contribution in [2.45, 2.75) is 6.61 Å². The second kappa shape index (κ2) is 8.23. The van der Waals surface area contributed by atoms with Gasteiger partial charge in [0.05, 0.1) is 5.56 Å². The Balaban J connectivity index is 1.54. The van der Waals surface area contributed by atoms with Crippen LogP contribution in [0.15, 0.2) is 94.0 Å². The van der Waals surface area contributed by atoms with Gasteiger partial charge in [0.2, 0.25) is 5.90 Å². The van der Waals surface area contributed by atoms with E-state index < -0.39 is 5.97 Å². The van der Waals surface area contributed by atoms with E-state index >= 15 is 0 Å². The summed E-state index contributed by atoms with van der Waals surface area (Å²) in [5.41, 5.74) is 2.90. The molecule has 0 saturated carbocycles.